The quantitative estimate of drug-likeness (QED) is 0.271. The number of nitrogens with two attached hydrogens (primary N) is 2. The summed E-state index contributed by atoms with van der Waals surface area (Å²) in [6.07, 6.45) is 0. The summed E-state index contributed by atoms with van der Waals surface area (Å²) in [5.41, 5.74) is 13.2. The number of halogens is 1. The molecule has 0 spiro atoms. The van der Waals surface area contributed by atoms with Gasteiger partial charge in [0, 0.05) is 12.2 Å². The van der Waals surface area contributed by atoms with Crippen LogP contribution in [0.25, 0.3) is 0 Å². The number of para-hydroxylation sites is 1. The standard InChI is InChI=1S/C27H24FN5O4S/c1-15-4-2-3-5-20(15)33(27(37)24-21(29)22(25(30)35)32-38-24)23(17-8-12-19(34)13-9-17)26(36)31-14-16-6-10-18(28)11-7-16/h2-13,23,34H,14,29H2,1H3,(H2,30,35)(H,31,36)/t23-/m0/s1. The number of phenols is 1. The number of nitrogen functional groups attached to an aromatic ring is 1. The number of amides is 3. The lowest BCUT2D eigenvalue weighted by atomic mass is 10.0. The minimum atomic E-state index is -1.22. The molecule has 11 heteroatoms. The molecule has 0 fully saturated rings. The van der Waals surface area contributed by atoms with Gasteiger partial charge in [-0.3, -0.25) is 19.3 Å². The lowest BCUT2D eigenvalue weighted by Gasteiger charge is -2.32. The maximum absolute atomic E-state index is 14.0. The van der Waals surface area contributed by atoms with Crippen LogP contribution in [0.3, 0.4) is 0 Å². The minimum Gasteiger partial charge on any atom is -0.508 e. The van der Waals surface area contributed by atoms with E-state index in [1.165, 1.54) is 41.3 Å². The molecule has 3 amide bonds. The fourth-order valence-electron chi connectivity index (χ4n) is 3.90. The molecule has 38 heavy (non-hydrogen) atoms. The molecule has 0 unspecified atom stereocenters. The van der Waals surface area contributed by atoms with Crippen molar-refractivity contribution in [2.45, 2.75) is 19.5 Å². The molecule has 0 bridgehead atoms. The van der Waals surface area contributed by atoms with Gasteiger partial charge in [-0.2, -0.15) is 4.37 Å². The molecule has 1 heterocycles. The van der Waals surface area contributed by atoms with Gasteiger partial charge in [0.25, 0.3) is 11.8 Å². The van der Waals surface area contributed by atoms with E-state index in [9.17, 15) is 23.9 Å². The van der Waals surface area contributed by atoms with E-state index in [4.69, 9.17) is 11.5 Å². The highest BCUT2D eigenvalue weighted by atomic mass is 32.1. The van der Waals surface area contributed by atoms with Gasteiger partial charge in [-0.1, -0.05) is 42.5 Å². The normalized spacial score (nSPS) is 11.5. The Morgan fingerprint density at radius 3 is 2.32 bits per heavy atom. The number of nitrogens with zero attached hydrogens (tertiary/aromatic N) is 2. The molecule has 0 aliphatic rings. The molecule has 0 saturated heterocycles. The first kappa shape index (κ1) is 26.3. The number of aromatic nitrogens is 1. The summed E-state index contributed by atoms with van der Waals surface area (Å²) in [6.45, 7) is 1.85. The van der Waals surface area contributed by atoms with Crippen LogP contribution in [0, 0.1) is 12.7 Å². The monoisotopic (exact) mass is 533 g/mol. The van der Waals surface area contributed by atoms with Crippen molar-refractivity contribution in [3.8, 4) is 5.75 Å². The van der Waals surface area contributed by atoms with E-state index in [1.807, 2.05) is 0 Å². The number of primary amides is 1. The molecule has 0 saturated carbocycles. The van der Waals surface area contributed by atoms with E-state index >= 15 is 0 Å². The van der Waals surface area contributed by atoms with Gasteiger partial charge in [-0.25, -0.2) is 4.39 Å². The van der Waals surface area contributed by atoms with Crippen LogP contribution in [0.5, 0.6) is 5.75 Å². The molecule has 0 radical (unpaired) electrons. The lowest BCUT2D eigenvalue weighted by molar-refractivity contribution is -0.122. The third-order valence-electron chi connectivity index (χ3n) is 5.84. The number of benzene rings is 3. The average molecular weight is 534 g/mol. The fraction of sp³-hybridized carbons (Fsp3) is 0.111. The first-order chi connectivity index (χ1) is 18.2. The SMILES string of the molecule is Cc1ccccc1N(C(=O)c1snc(C(N)=O)c1N)[C@H](C(=O)NCc1ccc(F)cc1)c1ccc(O)cc1. The molecular weight excluding hydrogens is 509 g/mol. The maximum Gasteiger partial charge on any atom is 0.273 e. The fourth-order valence-corrected chi connectivity index (χ4v) is 4.64. The second-order valence-corrected chi connectivity index (χ2v) is 9.21. The number of nitrogens with one attached hydrogen (secondary N) is 1. The number of phenolic OH excluding ortho intramolecular Hbond substituents is 1. The first-order valence-electron chi connectivity index (χ1n) is 11.4. The summed E-state index contributed by atoms with van der Waals surface area (Å²) < 4.78 is 17.3. The van der Waals surface area contributed by atoms with Crippen LogP contribution >= 0.6 is 11.5 Å². The number of hydrogen-bond donors (Lipinski definition) is 4. The Balaban J connectivity index is 1.82. The highest BCUT2D eigenvalue weighted by molar-refractivity contribution is 7.09. The summed E-state index contributed by atoms with van der Waals surface area (Å²) in [6, 6.07) is 17.3. The number of anilines is 2. The van der Waals surface area contributed by atoms with Crippen molar-refractivity contribution < 1.29 is 23.9 Å². The zero-order valence-electron chi connectivity index (χ0n) is 20.2. The van der Waals surface area contributed by atoms with Gasteiger partial charge in [0.2, 0.25) is 5.91 Å². The summed E-state index contributed by atoms with van der Waals surface area (Å²) in [4.78, 5) is 40.8. The van der Waals surface area contributed by atoms with E-state index in [2.05, 4.69) is 9.69 Å². The first-order valence-corrected chi connectivity index (χ1v) is 12.2. The van der Waals surface area contributed by atoms with Crippen LogP contribution in [0.4, 0.5) is 15.8 Å². The third kappa shape index (κ3) is 5.47. The van der Waals surface area contributed by atoms with Crippen LogP contribution in [-0.4, -0.2) is 27.2 Å². The Labute approximate surface area is 221 Å². The van der Waals surface area contributed by atoms with Crippen LogP contribution in [-0.2, 0) is 11.3 Å². The molecular formula is C27H24FN5O4S. The number of rotatable bonds is 8. The van der Waals surface area contributed by atoms with Crippen LogP contribution in [0.15, 0.2) is 72.8 Å². The van der Waals surface area contributed by atoms with E-state index in [-0.39, 0.29) is 28.6 Å². The van der Waals surface area contributed by atoms with Crippen molar-refractivity contribution in [3.05, 3.63) is 106 Å². The Bertz CT molecular complexity index is 1490. The van der Waals surface area contributed by atoms with Crippen molar-refractivity contribution in [2.24, 2.45) is 5.73 Å². The number of carbonyl (C=O) groups excluding carboxylic acids is 3. The van der Waals surface area contributed by atoms with Gasteiger partial charge in [0.1, 0.15) is 22.5 Å². The van der Waals surface area contributed by atoms with E-state index in [0.29, 0.717) is 33.9 Å². The number of aryl methyl sites for hydroxylation is 1. The van der Waals surface area contributed by atoms with Gasteiger partial charge in [-0.15, -0.1) is 0 Å². The van der Waals surface area contributed by atoms with Crippen molar-refractivity contribution >= 4 is 40.6 Å². The summed E-state index contributed by atoms with van der Waals surface area (Å²) >= 11 is 0.706. The van der Waals surface area contributed by atoms with E-state index in [0.717, 1.165) is 0 Å². The largest absolute Gasteiger partial charge is 0.508 e. The van der Waals surface area contributed by atoms with Crippen molar-refractivity contribution in [2.75, 3.05) is 10.6 Å². The van der Waals surface area contributed by atoms with Gasteiger partial charge in [-0.05, 0) is 65.5 Å². The predicted octanol–water partition coefficient (Wildman–Crippen LogP) is 3.68. The van der Waals surface area contributed by atoms with Crippen LogP contribution < -0.4 is 21.7 Å². The summed E-state index contributed by atoms with van der Waals surface area (Å²) in [5, 5.41) is 12.7. The highest BCUT2D eigenvalue weighted by Gasteiger charge is 2.36. The number of carbonyl (C=O) groups is 3. The second-order valence-electron chi connectivity index (χ2n) is 8.44. The Morgan fingerprint density at radius 2 is 1.71 bits per heavy atom. The topological polar surface area (TPSA) is 152 Å². The molecule has 4 rings (SSSR count). The highest BCUT2D eigenvalue weighted by Crippen LogP contribution is 2.35. The zero-order valence-corrected chi connectivity index (χ0v) is 21.0. The van der Waals surface area contributed by atoms with Gasteiger partial charge in [0.05, 0.1) is 5.69 Å². The molecule has 1 aromatic heterocycles. The van der Waals surface area contributed by atoms with E-state index < -0.39 is 29.6 Å². The van der Waals surface area contributed by atoms with Gasteiger partial charge in [0.15, 0.2) is 5.69 Å². The molecule has 0 aliphatic carbocycles. The van der Waals surface area contributed by atoms with Crippen molar-refractivity contribution in [1.82, 2.24) is 9.69 Å². The molecule has 0 aliphatic heterocycles. The Morgan fingerprint density at radius 1 is 1.05 bits per heavy atom. The minimum absolute atomic E-state index is 0.0224. The second kappa shape index (κ2) is 11.1. The van der Waals surface area contributed by atoms with Crippen LogP contribution in [0.1, 0.15) is 42.9 Å². The number of aromatic hydroxyl groups is 1. The molecule has 6 N–H and O–H groups in total. The molecule has 9 nitrogen and oxygen atoms in total. The predicted molar refractivity (Wildman–Crippen MR) is 142 cm³/mol. The van der Waals surface area contributed by atoms with Gasteiger partial charge < -0.3 is 21.9 Å². The molecule has 1 atom stereocenters. The number of hydrogen-bond acceptors (Lipinski definition) is 7. The van der Waals surface area contributed by atoms with Crippen LogP contribution in [0.2, 0.25) is 0 Å². The van der Waals surface area contributed by atoms with Crippen molar-refractivity contribution in [3.63, 3.8) is 0 Å². The maximum atomic E-state index is 14.0. The lowest BCUT2D eigenvalue weighted by Crippen LogP contribution is -2.44. The zero-order chi connectivity index (χ0) is 27.4. The Hall–Kier alpha value is -4.77. The van der Waals surface area contributed by atoms with Crippen molar-refractivity contribution in [1.29, 1.82) is 0 Å². The molecule has 4 aromatic rings. The molecule has 194 valence electrons. The van der Waals surface area contributed by atoms with E-state index in [1.54, 1.807) is 43.3 Å². The third-order valence-corrected chi connectivity index (χ3v) is 6.70. The Kier molecular flexibility index (Phi) is 7.68. The average Bonchev–Trinajstić information content (AvgIpc) is 3.29. The van der Waals surface area contributed by atoms with Gasteiger partial charge >= 0.3 is 0 Å². The summed E-state index contributed by atoms with van der Waals surface area (Å²) in [5.74, 6) is -2.53. The smallest absolute Gasteiger partial charge is 0.273 e. The molecule has 3 aromatic carbocycles. The summed E-state index contributed by atoms with van der Waals surface area (Å²) in [7, 11) is 0.